The van der Waals surface area contributed by atoms with Crippen molar-refractivity contribution >= 4 is 17.7 Å². The second-order valence-electron chi connectivity index (χ2n) is 10.8. The molecule has 2 saturated heterocycles. The minimum absolute atomic E-state index is 0.119. The molecule has 0 unspecified atom stereocenters. The standard InChI is InChI=1S/C24H39N7O3/c1-16(2)19-15-25-31-20(19)27-22(33-18-9-11-29(6)12-10-18)28-21(31)26-17-7-13-30(14-8-17)23(32)34-24(3,4)5/h15-18H,7-14H2,1-6H3,(H,26,27,28). The molecule has 0 atom stereocenters. The van der Waals surface area contributed by atoms with Crippen LogP contribution in [0.2, 0.25) is 0 Å². The van der Waals surface area contributed by atoms with E-state index in [2.05, 4.69) is 36.2 Å². The number of piperidine rings is 2. The molecule has 0 spiro atoms. The van der Waals surface area contributed by atoms with Gasteiger partial charge in [-0.25, -0.2) is 4.79 Å². The summed E-state index contributed by atoms with van der Waals surface area (Å²) in [6.45, 7) is 13.2. The molecule has 10 heteroatoms. The fourth-order valence-electron chi connectivity index (χ4n) is 4.40. The Labute approximate surface area is 202 Å². The van der Waals surface area contributed by atoms with Crippen LogP contribution in [0.15, 0.2) is 6.20 Å². The first-order valence-corrected chi connectivity index (χ1v) is 12.4. The third-order valence-electron chi connectivity index (χ3n) is 6.41. The molecule has 188 valence electrons. The minimum atomic E-state index is -0.489. The van der Waals surface area contributed by atoms with E-state index in [1.54, 1.807) is 9.42 Å². The van der Waals surface area contributed by atoms with Crippen LogP contribution in [0.3, 0.4) is 0 Å². The van der Waals surface area contributed by atoms with Gasteiger partial charge < -0.3 is 24.6 Å². The van der Waals surface area contributed by atoms with Crippen molar-refractivity contribution in [3.05, 3.63) is 11.8 Å². The molecule has 2 aromatic rings. The van der Waals surface area contributed by atoms with Crippen molar-refractivity contribution in [2.75, 3.05) is 38.5 Å². The van der Waals surface area contributed by atoms with Gasteiger partial charge in [-0.3, -0.25) is 0 Å². The van der Waals surface area contributed by atoms with E-state index in [1.807, 2.05) is 27.0 Å². The number of likely N-dealkylation sites (tertiary alicyclic amines) is 2. The predicted molar refractivity (Wildman–Crippen MR) is 130 cm³/mol. The summed E-state index contributed by atoms with van der Waals surface area (Å²) in [5, 5.41) is 8.12. The first-order chi connectivity index (χ1) is 16.1. The number of anilines is 1. The maximum atomic E-state index is 12.4. The van der Waals surface area contributed by atoms with Gasteiger partial charge in [0.2, 0.25) is 5.95 Å². The highest BCUT2D eigenvalue weighted by Crippen LogP contribution is 2.26. The Kier molecular flexibility index (Phi) is 7.16. The lowest BCUT2D eigenvalue weighted by Gasteiger charge is -2.33. The Morgan fingerprint density at radius 1 is 1.09 bits per heavy atom. The van der Waals surface area contributed by atoms with Crippen molar-refractivity contribution in [2.24, 2.45) is 0 Å². The van der Waals surface area contributed by atoms with Gasteiger partial charge in [-0.2, -0.15) is 19.6 Å². The zero-order valence-corrected chi connectivity index (χ0v) is 21.4. The van der Waals surface area contributed by atoms with Crippen molar-refractivity contribution in [2.45, 2.75) is 84.0 Å². The third kappa shape index (κ3) is 5.89. The zero-order chi connectivity index (χ0) is 24.5. The summed E-state index contributed by atoms with van der Waals surface area (Å²) in [5.74, 6) is 0.920. The van der Waals surface area contributed by atoms with E-state index >= 15 is 0 Å². The molecule has 1 amide bonds. The number of nitrogens with one attached hydrogen (secondary N) is 1. The van der Waals surface area contributed by atoms with Gasteiger partial charge in [0.25, 0.3) is 0 Å². The summed E-state index contributed by atoms with van der Waals surface area (Å²) in [6, 6.07) is 0.567. The second kappa shape index (κ2) is 9.93. The van der Waals surface area contributed by atoms with Gasteiger partial charge in [0.05, 0.1) is 6.20 Å². The van der Waals surface area contributed by atoms with Crippen molar-refractivity contribution in [3.63, 3.8) is 0 Å². The summed E-state index contributed by atoms with van der Waals surface area (Å²) in [4.78, 5) is 26.0. The van der Waals surface area contributed by atoms with Crippen LogP contribution in [-0.4, -0.2) is 86.4 Å². The van der Waals surface area contributed by atoms with E-state index < -0.39 is 5.60 Å². The Bertz CT molecular complexity index is 984. The third-order valence-corrected chi connectivity index (χ3v) is 6.41. The molecule has 2 fully saturated rings. The Morgan fingerprint density at radius 2 is 1.76 bits per heavy atom. The average molecular weight is 474 g/mol. The Balaban J connectivity index is 1.48. The number of hydrogen-bond acceptors (Lipinski definition) is 8. The van der Waals surface area contributed by atoms with E-state index in [1.165, 1.54) is 0 Å². The molecule has 0 aliphatic carbocycles. The number of amides is 1. The lowest BCUT2D eigenvalue weighted by Crippen LogP contribution is -2.44. The molecule has 0 aromatic carbocycles. The minimum Gasteiger partial charge on any atom is -0.460 e. The maximum Gasteiger partial charge on any atom is 0.410 e. The highest BCUT2D eigenvalue weighted by Gasteiger charge is 2.28. The second-order valence-corrected chi connectivity index (χ2v) is 10.8. The summed E-state index contributed by atoms with van der Waals surface area (Å²) < 4.78 is 13.5. The van der Waals surface area contributed by atoms with E-state index in [-0.39, 0.29) is 24.2 Å². The molecule has 4 rings (SSSR count). The van der Waals surface area contributed by atoms with Crippen LogP contribution in [0.1, 0.15) is 71.8 Å². The molecule has 0 saturated carbocycles. The molecule has 10 nitrogen and oxygen atoms in total. The Hall–Kier alpha value is -2.62. The van der Waals surface area contributed by atoms with Crippen LogP contribution in [-0.2, 0) is 4.74 Å². The van der Waals surface area contributed by atoms with Crippen molar-refractivity contribution in [1.29, 1.82) is 0 Å². The van der Waals surface area contributed by atoms with Crippen molar-refractivity contribution in [3.8, 4) is 6.01 Å². The molecule has 0 bridgehead atoms. The van der Waals surface area contributed by atoms with Crippen LogP contribution >= 0.6 is 0 Å². The predicted octanol–water partition coefficient (Wildman–Crippen LogP) is 3.53. The number of rotatable bonds is 5. The number of carbonyl (C=O) groups is 1. The van der Waals surface area contributed by atoms with Gasteiger partial charge in [-0.15, -0.1) is 0 Å². The number of aromatic nitrogens is 4. The molecule has 2 aromatic heterocycles. The van der Waals surface area contributed by atoms with Gasteiger partial charge in [-0.1, -0.05) is 13.8 Å². The van der Waals surface area contributed by atoms with E-state index in [4.69, 9.17) is 19.4 Å². The fraction of sp³-hybridized carbons (Fsp3) is 0.750. The van der Waals surface area contributed by atoms with Crippen LogP contribution in [0, 0.1) is 0 Å². The number of nitrogens with zero attached hydrogens (tertiary/aromatic N) is 6. The van der Waals surface area contributed by atoms with E-state index in [9.17, 15) is 4.79 Å². The Morgan fingerprint density at radius 3 is 2.38 bits per heavy atom. The molecule has 2 aliphatic heterocycles. The van der Waals surface area contributed by atoms with E-state index in [0.717, 1.165) is 50.0 Å². The monoisotopic (exact) mass is 473 g/mol. The number of fused-ring (bicyclic) bond motifs is 1. The quantitative estimate of drug-likeness (QED) is 0.704. The smallest absolute Gasteiger partial charge is 0.410 e. The molecule has 1 N–H and O–H groups in total. The van der Waals surface area contributed by atoms with Gasteiger partial charge in [0.15, 0.2) is 5.65 Å². The topological polar surface area (TPSA) is 97.1 Å². The first-order valence-electron chi connectivity index (χ1n) is 12.4. The SMILES string of the molecule is CC(C)c1cnn2c(NC3CCN(C(=O)OC(C)(C)C)CC3)nc(OC3CCN(C)CC3)nc12. The lowest BCUT2D eigenvalue weighted by atomic mass is 10.1. The van der Waals surface area contributed by atoms with Crippen LogP contribution < -0.4 is 10.1 Å². The number of carbonyl (C=O) groups excluding carboxylic acids is 1. The molecule has 34 heavy (non-hydrogen) atoms. The zero-order valence-electron chi connectivity index (χ0n) is 21.4. The van der Waals surface area contributed by atoms with Crippen molar-refractivity contribution < 1.29 is 14.3 Å². The lowest BCUT2D eigenvalue weighted by molar-refractivity contribution is 0.0210. The number of ether oxygens (including phenoxy) is 2. The normalized spacial score (nSPS) is 19.1. The first kappa shape index (κ1) is 24.5. The summed E-state index contributed by atoms with van der Waals surface area (Å²) >= 11 is 0. The number of hydrogen-bond donors (Lipinski definition) is 1. The molecule has 0 radical (unpaired) electrons. The summed E-state index contributed by atoms with van der Waals surface area (Å²) in [6.07, 6.45) is 5.26. The summed E-state index contributed by atoms with van der Waals surface area (Å²) in [5.41, 5.74) is 1.36. The van der Waals surface area contributed by atoms with Gasteiger partial charge >= 0.3 is 12.1 Å². The molecular formula is C24H39N7O3. The van der Waals surface area contributed by atoms with E-state index in [0.29, 0.717) is 25.0 Å². The summed E-state index contributed by atoms with van der Waals surface area (Å²) in [7, 11) is 2.14. The average Bonchev–Trinajstić information content (AvgIpc) is 3.19. The van der Waals surface area contributed by atoms with Gasteiger partial charge in [0.1, 0.15) is 11.7 Å². The van der Waals surface area contributed by atoms with Gasteiger partial charge in [-0.05, 0) is 59.4 Å². The fourth-order valence-corrected chi connectivity index (χ4v) is 4.40. The van der Waals surface area contributed by atoms with Crippen LogP contribution in [0.25, 0.3) is 5.65 Å². The van der Waals surface area contributed by atoms with Crippen LogP contribution in [0.4, 0.5) is 10.7 Å². The molecular weight excluding hydrogens is 434 g/mol. The van der Waals surface area contributed by atoms with Crippen molar-refractivity contribution in [1.82, 2.24) is 29.4 Å². The highest BCUT2D eigenvalue weighted by molar-refractivity contribution is 5.68. The molecule has 2 aliphatic rings. The highest BCUT2D eigenvalue weighted by atomic mass is 16.6. The van der Waals surface area contributed by atoms with Gasteiger partial charge in [0, 0.05) is 37.8 Å². The maximum absolute atomic E-state index is 12.4. The molecule has 4 heterocycles. The largest absolute Gasteiger partial charge is 0.460 e. The van der Waals surface area contributed by atoms with Crippen LogP contribution in [0.5, 0.6) is 6.01 Å².